The van der Waals surface area contributed by atoms with Crippen molar-refractivity contribution in [1.29, 1.82) is 0 Å². The van der Waals surface area contributed by atoms with Gasteiger partial charge in [-0.3, -0.25) is 0 Å². The van der Waals surface area contributed by atoms with E-state index in [0.29, 0.717) is 37.2 Å². The van der Waals surface area contributed by atoms with E-state index in [-0.39, 0.29) is 13.2 Å². The molecule has 3 N–H and O–H groups in total. The second kappa shape index (κ2) is 15.4. The lowest BCUT2D eigenvalue weighted by Crippen LogP contribution is -2.61. The normalized spacial score (nSPS) is 22.2. The Morgan fingerprint density at radius 2 is 1.98 bits per heavy atom. The third-order valence-electron chi connectivity index (χ3n) is 6.69. The molecule has 2 aromatic heterocycles. The van der Waals surface area contributed by atoms with E-state index in [0.717, 1.165) is 24.2 Å². The summed E-state index contributed by atoms with van der Waals surface area (Å²) in [5, 5.41) is 32.8. The Labute approximate surface area is 252 Å². The van der Waals surface area contributed by atoms with Gasteiger partial charge in [0.2, 0.25) is 5.95 Å². The molecule has 240 valence electrons. The van der Waals surface area contributed by atoms with Crippen molar-refractivity contribution in [1.82, 2.24) is 25.0 Å². The minimum Gasteiger partial charge on any atom is -0.491 e. The number of hydrogen-bond donors (Lipinski definition) is 3. The average molecular weight is 623 g/mol. The van der Waals surface area contributed by atoms with Gasteiger partial charge >= 0.3 is 6.18 Å². The third kappa shape index (κ3) is 9.19. The molecule has 5 atom stereocenters. The zero-order chi connectivity index (χ0) is 31.7. The number of rotatable bonds is 15. The quantitative estimate of drug-likeness (QED) is 0.170. The summed E-state index contributed by atoms with van der Waals surface area (Å²) in [7, 11) is 0. The Morgan fingerprint density at radius 3 is 2.73 bits per heavy atom. The van der Waals surface area contributed by atoms with E-state index < -0.39 is 48.5 Å². The molecule has 1 fully saturated rings. The van der Waals surface area contributed by atoms with E-state index in [4.69, 9.17) is 18.9 Å². The Balaban J connectivity index is 1.39. The molecule has 0 unspecified atom stereocenters. The van der Waals surface area contributed by atoms with E-state index in [9.17, 15) is 23.4 Å². The zero-order valence-electron chi connectivity index (χ0n) is 24.4. The molecule has 1 saturated heterocycles. The van der Waals surface area contributed by atoms with Crippen molar-refractivity contribution in [2.45, 2.75) is 63.6 Å². The predicted molar refractivity (Wildman–Crippen MR) is 152 cm³/mol. The fourth-order valence-electron chi connectivity index (χ4n) is 4.37. The van der Waals surface area contributed by atoms with Crippen molar-refractivity contribution in [3.63, 3.8) is 0 Å². The fraction of sp³-hybridized carbons (Fsp3) is 0.517. The third-order valence-corrected chi connectivity index (χ3v) is 6.69. The Kier molecular flexibility index (Phi) is 11.6. The first-order valence-corrected chi connectivity index (χ1v) is 14.2. The maximum absolute atomic E-state index is 13.1. The van der Waals surface area contributed by atoms with Crippen LogP contribution in [0.15, 0.2) is 55.4 Å². The van der Waals surface area contributed by atoms with Gasteiger partial charge in [0, 0.05) is 18.4 Å². The summed E-state index contributed by atoms with van der Waals surface area (Å²) in [4.78, 5) is 7.26. The van der Waals surface area contributed by atoms with Gasteiger partial charge in [-0.15, -0.1) is 11.7 Å². The molecule has 1 aromatic carbocycles. The van der Waals surface area contributed by atoms with Crippen LogP contribution < -0.4 is 10.1 Å². The number of benzene rings is 1. The smallest absolute Gasteiger partial charge is 0.433 e. The molecular weight excluding hydrogens is 585 g/mol. The predicted octanol–water partition coefficient (Wildman–Crippen LogP) is 3.33. The monoisotopic (exact) mass is 622 g/mol. The number of aliphatic hydroxyl groups is 2. The molecule has 0 aliphatic carbocycles. The molecule has 0 amide bonds. The largest absolute Gasteiger partial charge is 0.491 e. The van der Waals surface area contributed by atoms with E-state index in [2.05, 4.69) is 46.0 Å². The van der Waals surface area contributed by atoms with Crippen LogP contribution in [-0.2, 0) is 26.9 Å². The van der Waals surface area contributed by atoms with E-state index in [1.165, 1.54) is 10.8 Å². The summed E-state index contributed by atoms with van der Waals surface area (Å²) < 4.78 is 63.8. The molecule has 1 aliphatic rings. The highest BCUT2D eigenvalue weighted by atomic mass is 19.4. The second-order valence-corrected chi connectivity index (χ2v) is 10.6. The summed E-state index contributed by atoms with van der Waals surface area (Å²) >= 11 is 0. The summed E-state index contributed by atoms with van der Waals surface area (Å²) in [6.07, 6.45) is -4.92. The van der Waals surface area contributed by atoms with Crippen LogP contribution in [0.2, 0.25) is 0 Å². The number of hydrogen-bond acceptors (Lipinski definition) is 11. The van der Waals surface area contributed by atoms with Crippen molar-refractivity contribution in [3.05, 3.63) is 61.1 Å². The number of nitrogens with one attached hydrogen (secondary N) is 1. The number of ether oxygens (including phenoxy) is 4. The van der Waals surface area contributed by atoms with Gasteiger partial charge in [0.15, 0.2) is 6.29 Å². The number of alkyl halides is 3. The highest BCUT2D eigenvalue weighted by Gasteiger charge is 2.46. The first-order chi connectivity index (χ1) is 21.0. The van der Waals surface area contributed by atoms with Gasteiger partial charge in [-0.1, -0.05) is 37.3 Å². The molecule has 0 bridgehead atoms. The van der Waals surface area contributed by atoms with Crippen LogP contribution in [0.3, 0.4) is 0 Å². The lowest BCUT2D eigenvalue weighted by Gasteiger charge is -2.42. The number of anilines is 1. The van der Waals surface area contributed by atoms with Crippen LogP contribution in [0.25, 0.3) is 11.3 Å². The first kappa shape index (κ1) is 33.3. The number of aliphatic hydroxyl groups excluding tert-OH is 2. The van der Waals surface area contributed by atoms with E-state index in [1.807, 2.05) is 24.3 Å². The summed E-state index contributed by atoms with van der Waals surface area (Å²) in [5.41, 5.74) is 0.112. The molecule has 3 heterocycles. The van der Waals surface area contributed by atoms with Crippen LogP contribution >= 0.6 is 0 Å². The molecule has 4 rings (SSSR count). The van der Waals surface area contributed by atoms with Crippen LogP contribution in [-0.4, -0.2) is 92.2 Å². The van der Waals surface area contributed by atoms with Gasteiger partial charge in [0.05, 0.1) is 26.0 Å². The Morgan fingerprint density at radius 1 is 1.16 bits per heavy atom. The topological polar surface area (TPSA) is 146 Å². The molecule has 1 aliphatic heterocycles. The van der Waals surface area contributed by atoms with Gasteiger partial charge in [0.1, 0.15) is 48.1 Å². The minimum atomic E-state index is -4.70. The van der Waals surface area contributed by atoms with Crippen molar-refractivity contribution in [3.8, 4) is 17.0 Å². The van der Waals surface area contributed by atoms with Crippen LogP contribution in [0.4, 0.5) is 19.1 Å². The van der Waals surface area contributed by atoms with Gasteiger partial charge in [-0.05, 0) is 30.5 Å². The average Bonchev–Trinajstić information content (AvgIpc) is 3.46. The number of halogens is 3. The van der Waals surface area contributed by atoms with Crippen molar-refractivity contribution >= 4 is 5.95 Å². The molecular formula is C29H37F3N6O6. The highest BCUT2D eigenvalue weighted by Crippen LogP contribution is 2.30. The van der Waals surface area contributed by atoms with E-state index >= 15 is 0 Å². The highest BCUT2D eigenvalue weighted by molar-refractivity contribution is 5.59. The standard InChI is InChI=1S/C29H37F3N6O6/c1-4-11-43-27-24(35-28-33-10-8-23(34-28)29(30,31)32)26(40)25(39)22(44-27)17-38-16-21(36-37-38)19-6-5-7-20(15-19)42-14-13-41-12-9-18(2)3/h4-8,10,15-16,18,22,24-27,39-40H,1,9,11-14,17H2,2-3H3,(H,33,34,35)/t22-,24-,25+,26-,27+/m1/s1. The molecule has 0 saturated carbocycles. The van der Waals surface area contributed by atoms with Gasteiger partial charge in [0.25, 0.3) is 0 Å². The summed E-state index contributed by atoms with van der Waals surface area (Å²) in [6.45, 7) is 9.41. The summed E-state index contributed by atoms with van der Waals surface area (Å²) in [6, 6.07) is 6.84. The SMILES string of the molecule is C=CCO[C@H]1O[C@H](Cn2cc(-c3cccc(OCCOCCC(C)C)c3)nn2)[C@H](O)[C@H](O)[C@H]1Nc1nccc(C(F)(F)F)n1. The van der Waals surface area contributed by atoms with Crippen molar-refractivity contribution < 1.29 is 42.3 Å². The number of nitrogens with zero attached hydrogens (tertiary/aromatic N) is 5. The molecule has 3 aromatic rings. The van der Waals surface area contributed by atoms with Gasteiger partial charge in [-0.25, -0.2) is 14.6 Å². The molecule has 12 nitrogen and oxygen atoms in total. The zero-order valence-corrected chi connectivity index (χ0v) is 24.4. The van der Waals surface area contributed by atoms with Crippen LogP contribution in [0, 0.1) is 5.92 Å². The van der Waals surface area contributed by atoms with Gasteiger partial charge < -0.3 is 34.5 Å². The van der Waals surface area contributed by atoms with E-state index in [1.54, 1.807) is 6.20 Å². The molecule has 15 heteroatoms. The Hall–Kier alpha value is -3.63. The van der Waals surface area contributed by atoms with Gasteiger partial charge in [-0.2, -0.15) is 13.2 Å². The molecule has 0 spiro atoms. The lowest BCUT2D eigenvalue weighted by molar-refractivity contribution is -0.256. The van der Waals surface area contributed by atoms with Crippen molar-refractivity contribution in [2.24, 2.45) is 5.92 Å². The fourth-order valence-corrected chi connectivity index (χ4v) is 4.37. The van der Waals surface area contributed by atoms with Crippen LogP contribution in [0.1, 0.15) is 26.0 Å². The van der Waals surface area contributed by atoms with Crippen molar-refractivity contribution in [2.75, 3.05) is 31.7 Å². The molecule has 0 radical (unpaired) electrons. The maximum atomic E-state index is 13.1. The second-order valence-electron chi connectivity index (χ2n) is 10.6. The summed E-state index contributed by atoms with van der Waals surface area (Å²) in [5.74, 6) is 0.799. The number of aromatic nitrogens is 5. The Bertz CT molecular complexity index is 1340. The maximum Gasteiger partial charge on any atom is 0.433 e. The minimum absolute atomic E-state index is 0.00220. The first-order valence-electron chi connectivity index (χ1n) is 14.2. The molecule has 44 heavy (non-hydrogen) atoms. The lowest BCUT2D eigenvalue weighted by atomic mass is 9.96. The van der Waals surface area contributed by atoms with Crippen LogP contribution in [0.5, 0.6) is 5.75 Å².